The van der Waals surface area contributed by atoms with E-state index in [1.54, 1.807) is 36.4 Å². The molecule has 2 aromatic heterocycles. The highest BCUT2D eigenvalue weighted by molar-refractivity contribution is 6.41. The molecule has 38 heavy (non-hydrogen) atoms. The molecule has 2 aromatic carbocycles. The predicted octanol–water partition coefficient (Wildman–Crippen LogP) is 0.0445. The predicted molar refractivity (Wildman–Crippen MR) is 134 cm³/mol. The number of hydrogen-bond acceptors (Lipinski definition) is 8. The van der Waals surface area contributed by atoms with Gasteiger partial charge in [-0.3, -0.25) is 19.4 Å². The smallest absolute Gasteiger partial charge is 0.326 e. The lowest BCUT2D eigenvalue weighted by molar-refractivity contribution is -0.732. The lowest BCUT2D eigenvalue weighted by Crippen LogP contribution is -2.39. The van der Waals surface area contributed by atoms with Crippen molar-refractivity contribution >= 4 is 58.3 Å². The van der Waals surface area contributed by atoms with Gasteiger partial charge in [0.1, 0.15) is 6.54 Å². The van der Waals surface area contributed by atoms with Gasteiger partial charge in [0, 0.05) is 16.7 Å². The molecule has 0 spiro atoms. The molecule has 0 atom stereocenters. The number of anilines is 1. The van der Waals surface area contributed by atoms with Gasteiger partial charge in [-0.1, -0.05) is 34.8 Å². The standard InChI is InChI=1S/C17H12Cl3N5O2.C5H4N2O4/c18-10-3-1-9(2-4-10)15(26)13-11(19)5-8(6-12(13)20)7-25-16(21)14(17(22)27)23-24-25;8-3-1-2(4(9)10)6-5(11)7-3/h1-6H,7H2,(H4,21,22,24,27);1H,(H,9,10)(H2,6,7,8,11). The molecule has 196 valence electrons. The first-order chi connectivity index (χ1) is 17.9. The molecule has 0 aliphatic heterocycles. The highest BCUT2D eigenvalue weighted by Gasteiger charge is 2.23. The Morgan fingerprint density at radius 3 is 2.08 bits per heavy atom. The van der Waals surface area contributed by atoms with E-state index >= 15 is 0 Å². The van der Waals surface area contributed by atoms with E-state index in [1.165, 1.54) is 4.68 Å². The number of aromatic carboxylic acids is 1. The van der Waals surface area contributed by atoms with E-state index in [4.69, 9.17) is 46.3 Å². The fourth-order valence-corrected chi connectivity index (χ4v) is 3.92. The highest BCUT2D eigenvalue weighted by atomic mass is 35.5. The summed E-state index contributed by atoms with van der Waals surface area (Å²) in [5.74, 6) is -2.58. The summed E-state index contributed by atoms with van der Waals surface area (Å²) in [6.45, 7) is 0.195. The van der Waals surface area contributed by atoms with Crippen LogP contribution in [0.4, 0.5) is 5.82 Å². The summed E-state index contributed by atoms with van der Waals surface area (Å²) in [7, 11) is 0. The van der Waals surface area contributed by atoms with E-state index in [0.717, 1.165) is 6.07 Å². The van der Waals surface area contributed by atoms with E-state index in [-0.39, 0.29) is 39.4 Å². The van der Waals surface area contributed by atoms with E-state index in [1.807, 2.05) is 9.97 Å². The zero-order valence-electron chi connectivity index (χ0n) is 18.9. The number of nitrogens with one attached hydrogen (secondary N) is 3. The number of benzene rings is 2. The molecule has 0 aliphatic rings. The fourth-order valence-electron chi connectivity index (χ4n) is 3.09. The number of nitrogens with zero attached hydrogens (tertiary/aromatic N) is 2. The quantitative estimate of drug-likeness (QED) is 0.154. The van der Waals surface area contributed by atoms with Crippen molar-refractivity contribution in [1.29, 1.82) is 0 Å². The molecule has 0 aliphatic carbocycles. The fraction of sp³-hybridized carbons (Fsp3) is 0.0455. The third-order valence-corrected chi connectivity index (χ3v) is 5.65. The maximum Gasteiger partial charge on any atom is 0.326 e. The molecule has 0 fully saturated rings. The number of carbonyl (C=O) groups excluding carboxylic acids is 3. The minimum absolute atomic E-state index is 0.0678. The third-order valence-electron chi connectivity index (χ3n) is 4.81. The molecule has 1 amide bonds. The summed E-state index contributed by atoms with van der Waals surface area (Å²) in [6.07, 6.45) is 0. The molecule has 4 rings (SSSR count). The number of H-pyrrole nitrogens is 3. The molecule has 7 N–H and O–H groups in total. The minimum atomic E-state index is -1.59. The van der Waals surface area contributed by atoms with Crippen molar-refractivity contribution in [1.82, 2.24) is 20.3 Å². The summed E-state index contributed by atoms with van der Waals surface area (Å²) in [4.78, 5) is 58.5. The van der Waals surface area contributed by atoms with E-state index in [9.17, 15) is 29.1 Å². The van der Waals surface area contributed by atoms with Crippen molar-refractivity contribution in [3.8, 4) is 0 Å². The van der Waals surface area contributed by atoms with Crippen LogP contribution in [0.5, 0.6) is 0 Å². The Morgan fingerprint density at radius 1 is 0.974 bits per heavy atom. The number of aromatic amines is 3. The largest absolute Gasteiger partial charge is 0.543 e. The summed E-state index contributed by atoms with van der Waals surface area (Å²) in [6, 6.07) is 10.3. The van der Waals surface area contributed by atoms with Crippen LogP contribution in [0.2, 0.25) is 15.1 Å². The van der Waals surface area contributed by atoms with Gasteiger partial charge in [-0.15, -0.1) is 5.21 Å². The molecule has 2 heterocycles. The summed E-state index contributed by atoms with van der Waals surface area (Å²) >= 11 is 18.4. The Balaban J connectivity index is 0.000000304. The summed E-state index contributed by atoms with van der Waals surface area (Å²) in [5, 5.41) is 17.3. The van der Waals surface area contributed by atoms with E-state index < -0.39 is 28.8 Å². The summed E-state index contributed by atoms with van der Waals surface area (Å²) < 4.78 is 1.41. The van der Waals surface area contributed by atoms with Gasteiger partial charge in [0.2, 0.25) is 0 Å². The molecule has 0 bridgehead atoms. The van der Waals surface area contributed by atoms with Gasteiger partial charge in [0.25, 0.3) is 23.0 Å². The lowest BCUT2D eigenvalue weighted by atomic mass is 10.0. The highest BCUT2D eigenvalue weighted by Crippen LogP contribution is 2.29. The Hall–Kier alpha value is -4.46. The molecule has 0 saturated carbocycles. The van der Waals surface area contributed by atoms with E-state index in [2.05, 4.69) is 10.3 Å². The zero-order chi connectivity index (χ0) is 28.1. The number of rotatable bonds is 6. The van der Waals surface area contributed by atoms with Gasteiger partial charge in [-0.25, -0.2) is 4.79 Å². The molecular formula is C22H16Cl3N7O6. The number of ketones is 1. The molecule has 0 unspecified atom stereocenters. The first-order valence-corrected chi connectivity index (χ1v) is 11.4. The Bertz CT molecular complexity index is 1610. The Labute approximate surface area is 226 Å². The van der Waals surface area contributed by atoms with Gasteiger partial charge in [-0.2, -0.15) is 4.68 Å². The number of carbonyl (C=O) groups is 3. The van der Waals surface area contributed by atoms with Crippen molar-refractivity contribution in [2.24, 2.45) is 5.73 Å². The SMILES string of the molecule is NC(=O)c1n[nH][n+](Cc2cc(Cl)c(C(=O)c3ccc(Cl)cc3)c(Cl)c2)c1N.O=C([O-])c1cc(=O)[nH]c(=O)[nH]1. The van der Waals surface area contributed by atoms with Crippen molar-refractivity contribution in [2.75, 3.05) is 5.73 Å². The number of aromatic nitrogens is 5. The Kier molecular flexibility index (Phi) is 8.68. The van der Waals surface area contributed by atoms with Crippen LogP contribution in [-0.4, -0.2) is 37.9 Å². The van der Waals surface area contributed by atoms with Crippen LogP contribution in [0.1, 0.15) is 42.5 Å². The van der Waals surface area contributed by atoms with Crippen molar-refractivity contribution in [3.05, 3.63) is 106 Å². The zero-order valence-corrected chi connectivity index (χ0v) is 21.1. The number of amides is 1. The number of carboxylic acids is 1. The van der Waals surface area contributed by atoms with Crippen LogP contribution in [0.3, 0.4) is 0 Å². The topological polar surface area (TPSA) is 225 Å². The van der Waals surface area contributed by atoms with Crippen LogP contribution >= 0.6 is 34.8 Å². The average Bonchev–Trinajstić information content (AvgIpc) is 3.19. The second kappa shape index (κ2) is 11.7. The van der Waals surface area contributed by atoms with Crippen molar-refractivity contribution in [2.45, 2.75) is 6.54 Å². The van der Waals surface area contributed by atoms with E-state index in [0.29, 0.717) is 16.1 Å². The maximum atomic E-state index is 12.7. The maximum absolute atomic E-state index is 12.7. The van der Waals surface area contributed by atoms with Gasteiger partial charge in [0.05, 0.1) is 27.3 Å². The number of halogens is 3. The third kappa shape index (κ3) is 6.64. The second-order valence-corrected chi connectivity index (χ2v) is 8.71. The number of nitrogens with two attached hydrogens (primary N) is 2. The molecule has 0 radical (unpaired) electrons. The monoisotopic (exact) mass is 579 g/mol. The molecule has 16 heteroatoms. The van der Waals surface area contributed by atoms with Gasteiger partial charge in [0.15, 0.2) is 5.78 Å². The van der Waals surface area contributed by atoms with Crippen molar-refractivity contribution in [3.63, 3.8) is 0 Å². The molecule has 13 nitrogen and oxygen atoms in total. The molecule has 4 aromatic rings. The van der Waals surface area contributed by atoms with Crippen LogP contribution < -0.4 is 32.5 Å². The number of hydrogen-bond donors (Lipinski definition) is 5. The van der Waals surface area contributed by atoms with Gasteiger partial charge < -0.3 is 26.4 Å². The number of nitrogen functional groups attached to an aromatic ring is 1. The van der Waals surface area contributed by atoms with Crippen LogP contribution in [0.15, 0.2) is 52.1 Å². The lowest BCUT2D eigenvalue weighted by Gasteiger charge is -2.09. The minimum Gasteiger partial charge on any atom is -0.543 e. The normalized spacial score (nSPS) is 10.4. The molecular weight excluding hydrogens is 565 g/mol. The summed E-state index contributed by atoms with van der Waals surface area (Å²) in [5.41, 5.74) is 10.0. The number of primary amides is 1. The second-order valence-electron chi connectivity index (χ2n) is 7.46. The van der Waals surface area contributed by atoms with Gasteiger partial charge in [-0.05, 0) is 47.1 Å². The van der Waals surface area contributed by atoms with Crippen LogP contribution in [0, 0.1) is 0 Å². The Morgan fingerprint density at radius 2 is 1.58 bits per heavy atom. The first-order valence-electron chi connectivity index (χ1n) is 10.2. The molecule has 0 saturated heterocycles. The average molecular weight is 581 g/mol. The van der Waals surface area contributed by atoms with Gasteiger partial charge >= 0.3 is 5.69 Å². The van der Waals surface area contributed by atoms with Crippen LogP contribution in [0.25, 0.3) is 0 Å². The van der Waals surface area contributed by atoms with Crippen molar-refractivity contribution < 1.29 is 24.2 Å². The first kappa shape index (κ1) is 28.1. The van der Waals surface area contributed by atoms with Crippen LogP contribution in [-0.2, 0) is 6.54 Å². The number of carboxylic acid groups (broad SMARTS) is 1.